The summed E-state index contributed by atoms with van der Waals surface area (Å²) < 4.78 is 25.2. The zero-order valence-corrected chi connectivity index (χ0v) is 22.7. The zero-order valence-electron chi connectivity index (χ0n) is 22.7. The molecule has 3 aromatic rings. The molecule has 0 spiro atoms. The van der Waals surface area contributed by atoms with Gasteiger partial charge in [-0.25, -0.2) is 19.2 Å². The SMILES string of the molecule is Cc1[nH]c2c(-c3ccc(F)cc3OCC3CC3)ncnc2c1C(=O)NC1CCN(OC(=O)OC(C)(C)C)CC1. The van der Waals surface area contributed by atoms with Crippen LogP contribution in [0.1, 0.15) is 62.5 Å². The van der Waals surface area contributed by atoms with Crippen molar-refractivity contribution in [2.24, 2.45) is 5.92 Å². The molecule has 0 radical (unpaired) electrons. The number of nitrogens with zero attached hydrogens (tertiary/aromatic N) is 3. The molecule has 39 heavy (non-hydrogen) atoms. The lowest BCUT2D eigenvalue weighted by molar-refractivity contribution is -0.152. The average Bonchev–Trinajstić information content (AvgIpc) is 3.62. The summed E-state index contributed by atoms with van der Waals surface area (Å²) in [5, 5.41) is 4.65. The third kappa shape index (κ3) is 6.47. The van der Waals surface area contributed by atoms with Crippen molar-refractivity contribution in [1.29, 1.82) is 0 Å². The Morgan fingerprint density at radius 3 is 2.59 bits per heavy atom. The van der Waals surface area contributed by atoms with Crippen LogP contribution in [0.15, 0.2) is 24.5 Å². The number of aromatic nitrogens is 3. The van der Waals surface area contributed by atoms with Crippen LogP contribution in [-0.4, -0.2) is 63.4 Å². The number of H-pyrrole nitrogens is 1. The second kappa shape index (κ2) is 10.8. The predicted molar refractivity (Wildman–Crippen MR) is 142 cm³/mol. The van der Waals surface area contributed by atoms with Crippen LogP contribution in [0.3, 0.4) is 0 Å². The number of piperidine rings is 1. The molecule has 2 N–H and O–H groups in total. The van der Waals surface area contributed by atoms with E-state index in [0.717, 1.165) is 12.8 Å². The Morgan fingerprint density at radius 2 is 1.90 bits per heavy atom. The number of amides is 1. The molecular formula is C28H34FN5O5. The van der Waals surface area contributed by atoms with Crippen molar-refractivity contribution < 1.29 is 28.3 Å². The van der Waals surface area contributed by atoms with E-state index in [1.54, 1.807) is 31.9 Å². The first-order chi connectivity index (χ1) is 18.6. The molecule has 1 saturated carbocycles. The highest BCUT2D eigenvalue weighted by Crippen LogP contribution is 2.36. The molecule has 1 saturated heterocycles. The van der Waals surface area contributed by atoms with Gasteiger partial charge in [0.15, 0.2) is 0 Å². The van der Waals surface area contributed by atoms with Gasteiger partial charge in [0.1, 0.15) is 34.7 Å². The first kappa shape index (κ1) is 26.9. The standard InChI is InChI=1S/C28H34FN5O5/c1-16-22(26(35)33-19-9-11-34(12-10-19)39-27(36)38-28(2,3)4)24-25(32-16)23(30-15-31-24)20-8-7-18(29)13-21(20)37-14-17-5-6-17/h7-8,13,15,17,19,32H,5-6,9-12,14H2,1-4H3,(H,33,35). The second-order valence-electron chi connectivity index (χ2n) is 11.2. The van der Waals surface area contributed by atoms with Crippen molar-refractivity contribution in [2.75, 3.05) is 19.7 Å². The fourth-order valence-corrected chi connectivity index (χ4v) is 4.63. The van der Waals surface area contributed by atoms with E-state index in [9.17, 15) is 14.0 Å². The Morgan fingerprint density at radius 1 is 1.15 bits per heavy atom. The van der Waals surface area contributed by atoms with E-state index in [1.165, 1.54) is 18.5 Å². The van der Waals surface area contributed by atoms with Crippen molar-refractivity contribution in [3.8, 4) is 17.0 Å². The van der Waals surface area contributed by atoms with Gasteiger partial charge in [0, 0.05) is 36.5 Å². The molecule has 10 nitrogen and oxygen atoms in total. The minimum Gasteiger partial charge on any atom is -0.492 e. The highest BCUT2D eigenvalue weighted by Gasteiger charge is 2.28. The van der Waals surface area contributed by atoms with Gasteiger partial charge >= 0.3 is 6.16 Å². The van der Waals surface area contributed by atoms with Crippen molar-refractivity contribution >= 4 is 23.1 Å². The smallest absolute Gasteiger partial charge is 0.492 e. The number of ether oxygens (including phenoxy) is 2. The first-order valence-corrected chi connectivity index (χ1v) is 13.3. The zero-order chi connectivity index (χ0) is 27.7. The molecule has 2 fully saturated rings. The van der Waals surface area contributed by atoms with Crippen LogP contribution in [0.4, 0.5) is 9.18 Å². The number of halogens is 1. The summed E-state index contributed by atoms with van der Waals surface area (Å²) in [5.41, 5.74) is 2.70. The number of fused-ring (bicyclic) bond motifs is 1. The molecule has 5 rings (SSSR count). The molecule has 1 amide bonds. The normalized spacial score (nSPS) is 16.7. The van der Waals surface area contributed by atoms with E-state index < -0.39 is 11.8 Å². The number of hydrogen-bond acceptors (Lipinski definition) is 8. The van der Waals surface area contributed by atoms with Gasteiger partial charge in [0.05, 0.1) is 17.7 Å². The highest BCUT2D eigenvalue weighted by molar-refractivity contribution is 6.09. The minimum absolute atomic E-state index is 0.0961. The summed E-state index contributed by atoms with van der Waals surface area (Å²) in [6.45, 7) is 8.61. The third-order valence-electron chi connectivity index (χ3n) is 6.75. The van der Waals surface area contributed by atoms with Gasteiger partial charge in [0.25, 0.3) is 5.91 Å². The molecule has 2 aliphatic rings. The van der Waals surface area contributed by atoms with E-state index in [-0.39, 0.29) is 17.8 Å². The number of aromatic amines is 1. The molecule has 208 valence electrons. The van der Waals surface area contributed by atoms with Crippen LogP contribution >= 0.6 is 0 Å². The van der Waals surface area contributed by atoms with Crippen molar-refractivity contribution in [1.82, 2.24) is 25.3 Å². The summed E-state index contributed by atoms with van der Waals surface area (Å²) >= 11 is 0. The van der Waals surface area contributed by atoms with E-state index in [0.29, 0.717) is 77.8 Å². The fraction of sp³-hybridized carbons (Fsp3) is 0.500. The average molecular weight is 540 g/mol. The maximum absolute atomic E-state index is 14.1. The Balaban J connectivity index is 1.29. The Bertz CT molecular complexity index is 1370. The quantitative estimate of drug-likeness (QED) is 0.406. The Kier molecular flexibility index (Phi) is 7.44. The van der Waals surface area contributed by atoms with Gasteiger partial charge in [0.2, 0.25) is 0 Å². The minimum atomic E-state index is -0.739. The summed E-state index contributed by atoms with van der Waals surface area (Å²) in [5.74, 6) is 0.283. The summed E-state index contributed by atoms with van der Waals surface area (Å²) in [4.78, 5) is 42.7. The summed E-state index contributed by atoms with van der Waals surface area (Å²) in [6, 6.07) is 4.28. The molecule has 3 heterocycles. The number of carbonyl (C=O) groups excluding carboxylic acids is 2. The van der Waals surface area contributed by atoms with Gasteiger partial charge < -0.3 is 24.6 Å². The van der Waals surface area contributed by atoms with Crippen LogP contribution < -0.4 is 10.1 Å². The number of benzene rings is 1. The van der Waals surface area contributed by atoms with Gasteiger partial charge in [-0.05, 0) is 71.4 Å². The number of aryl methyl sites for hydroxylation is 1. The van der Waals surface area contributed by atoms with Gasteiger partial charge in [-0.1, -0.05) is 0 Å². The number of rotatable bonds is 7. The fourth-order valence-electron chi connectivity index (χ4n) is 4.63. The van der Waals surface area contributed by atoms with Crippen LogP contribution in [0, 0.1) is 18.7 Å². The Hall–Kier alpha value is -3.73. The topological polar surface area (TPSA) is 119 Å². The molecule has 11 heteroatoms. The number of carbonyl (C=O) groups is 2. The maximum atomic E-state index is 14.1. The predicted octanol–water partition coefficient (Wildman–Crippen LogP) is 4.92. The lowest BCUT2D eigenvalue weighted by Gasteiger charge is -2.31. The molecule has 1 aliphatic carbocycles. The van der Waals surface area contributed by atoms with E-state index in [1.807, 2.05) is 6.92 Å². The second-order valence-corrected chi connectivity index (χ2v) is 11.2. The summed E-state index contributed by atoms with van der Waals surface area (Å²) in [7, 11) is 0. The van der Waals surface area contributed by atoms with Crippen LogP contribution in [-0.2, 0) is 9.57 Å². The van der Waals surface area contributed by atoms with Gasteiger partial charge in [-0.2, -0.15) is 0 Å². The van der Waals surface area contributed by atoms with Crippen molar-refractivity contribution in [3.63, 3.8) is 0 Å². The van der Waals surface area contributed by atoms with Crippen molar-refractivity contribution in [3.05, 3.63) is 41.6 Å². The van der Waals surface area contributed by atoms with Gasteiger partial charge in [-0.15, -0.1) is 5.06 Å². The van der Waals surface area contributed by atoms with Crippen molar-refractivity contribution in [2.45, 2.75) is 65.0 Å². The Labute approximate surface area is 226 Å². The van der Waals surface area contributed by atoms with Crippen LogP contribution in [0.25, 0.3) is 22.3 Å². The molecule has 1 aromatic carbocycles. The monoisotopic (exact) mass is 539 g/mol. The largest absolute Gasteiger partial charge is 0.528 e. The summed E-state index contributed by atoms with van der Waals surface area (Å²) in [6.07, 6.45) is 4.11. The van der Waals surface area contributed by atoms with Gasteiger partial charge in [-0.3, -0.25) is 4.79 Å². The number of hydroxylamine groups is 2. The van der Waals surface area contributed by atoms with E-state index in [4.69, 9.17) is 14.3 Å². The maximum Gasteiger partial charge on any atom is 0.528 e. The molecule has 0 bridgehead atoms. The molecule has 2 aromatic heterocycles. The van der Waals surface area contributed by atoms with Crippen LogP contribution in [0.5, 0.6) is 5.75 Å². The molecule has 0 unspecified atom stereocenters. The molecular weight excluding hydrogens is 505 g/mol. The first-order valence-electron chi connectivity index (χ1n) is 13.3. The molecule has 1 aliphatic heterocycles. The number of hydrogen-bond donors (Lipinski definition) is 2. The third-order valence-corrected chi connectivity index (χ3v) is 6.75. The van der Waals surface area contributed by atoms with E-state index >= 15 is 0 Å². The highest BCUT2D eigenvalue weighted by atomic mass is 19.1. The van der Waals surface area contributed by atoms with E-state index in [2.05, 4.69) is 20.3 Å². The lowest BCUT2D eigenvalue weighted by atomic mass is 10.1. The number of nitrogens with one attached hydrogen (secondary N) is 2. The lowest BCUT2D eigenvalue weighted by Crippen LogP contribution is -2.45. The van der Waals surface area contributed by atoms with Crippen LogP contribution in [0.2, 0.25) is 0 Å². The molecule has 0 atom stereocenters.